The maximum atomic E-state index is 12.6. The van der Waals surface area contributed by atoms with Crippen LogP contribution in [0.2, 0.25) is 5.02 Å². The first kappa shape index (κ1) is 18.3. The van der Waals surface area contributed by atoms with Crippen LogP contribution >= 0.6 is 11.6 Å². The first-order chi connectivity index (χ1) is 12.5. The standard InChI is InChI=1S/C20H21ClN2O3/c1-13-17(21)4-3-5-18(13)22-20(25)15-10-19(24)23(12-15)11-14-6-8-16(26-2)9-7-14/h3-9,15H,10-12H2,1-2H3,(H,22,25)/t15-/m0/s1. The van der Waals surface area contributed by atoms with Crippen LogP contribution in [0.4, 0.5) is 5.69 Å². The molecule has 2 aromatic carbocycles. The predicted molar refractivity (Wildman–Crippen MR) is 101 cm³/mol. The summed E-state index contributed by atoms with van der Waals surface area (Å²) in [5, 5.41) is 3.50. The molecule has 0 aromatic heterocycles. The maximum Gasteiger partial charge on any atom is 0.229 e. The zero-order valence-corrected chi connectivity index (χ0v) is 15.5. The van der Waals surface area contributed by atoms with Gasteiger partial charge in [-0.15, -0.1) is 0 Å². The number of ether oxygens (including phenoxy) is 1. The van der Waals surface area contributed by atoms with E-state index in [-0.39, 0.29) is 24.2 Å². The average molecular weight is 373 g/mol. The van der Waals surface area contributed by atoms with Gasteiger partial charge in [0.2, 0.25) is 11.8 Å². The van der Waals surface area contributed by atoms with Crippen LogP contribution < -0.4 is 10.1 Å². The van der Waals surface area contributed by atoms with Crippen molar-refractivity contribution >= 4 is 29.1 Å². The van der Waals surface area contributed by atoms with E-state index >= 15 is 0 Å². The fraction of sp³-hybridized carbons (Fsp3) is 0.300. The monoisotopic (exact) mass is 372 g/mol. The van der Waals surface area contributed by atoms with Crippen LogP contribution in [-0.4, -0.2) is 30.4 Å². The highest BCUT2D eigenvalue weighted by Gasteiger charge is 2.34. The van der Waals surface area contributed by atoms with Crippen molar-refractivity contribution in [3.8, 4) is 5.75 Å². The lowest BCUT2D eigenvalue weighted by Gasteiger charge is -2.17. The molecule has 1 N–H and O–H groups in total. The van der Waals surface area contributed by atoms with E-state index in [4.69, 9.17) is 16.3 Å². The molecule has 1 aliphatic heterocycles. The highest BCUT2D eigenvalue weighted by atomic mass is 35.5. The number of likely N-dealkylation sites (tertiary alicyclic amines) is 1. The molecule has 2 aromatic rings. The number of rotatable bonds is 5. The van der Waals surface area contributed by atoms with E-state index in [9.17, 15) is 9.59 Å². The van der Waals surface area contributed by atoms with E-state index < -0.39 is 0 Å². The van der Waals surface area contributed by atoms with Gasteiger partial charge in [0.05, 0.1) is 13.0 Å². The second-order valence-electron chi connectivity index (χ2n) is 6.43. The number of hydrogen-bond donors (Lipinski definition) is 1. The molecule has 3 rings (SSSR count). The molecule has 2 amide bonds. The Labute approximate surface area is 157 Å². The molecule has 1 saturated heterocycles. The van der Waals surface area contributed by atoms with E-state index in [2.05, 4.69) is 5.32 Å². The van der Waals surface area contributed by atoms with E-state index in [1.165, 1.54) is 0 Å². The molecule has 136 valence electrons. The summed E-state index contributed by atoms with van der Waals surface area (Å²) in [5.41, 5.74) is 2.51. The number of anilines is 1. The Bertz CT molecular complexity index is 820. The number of amides is 2. The molecule has 1 fully saturated rings. The predicted octanol–water partition coefficient (Wildman–Crippen LogP) is 3.64. The quantitative estimate of drug-likeness (QED) is 0.871. The van der Waals surface area contributed by atoms with Gasteiger partial charge in [0, 0.05) is 30.2 Å². The zero-order valence-electron chi connectivity index (χ0n) is 14.8. The van der Waals surface area contributed by atoms with Crippen LogP contribution in [0.15, 0.2) is 42.5 Å². The largest absolute Gasteiger partial charge is 0.497 e. The molecule has 0 radical (unpaired) electrons. The maximum absolute atomic E-state index is 12.6. The average Bonchev–Trinajstić information content (AvgIpc) is 3.00. The van der Waals surface area contributed by atoms with Crippen molar-refractivity contribution in [1.82, 2.24) is 4.90 Å². The molecule has 0 aliphatic carbocycles. The molecule has 0 spiro atoms. The van der Waals surface area contributed by atoms with E-state index in [1.54, 1.807) is 24.1 Å². The molecule has 1 atom stereocenters. The number of carbonyl (C=O) groups excluding carboxylic acids is 2. The lowest BCUT2D eigenvalue weighted by atomic mass is 10.1. The molecular formula is C20H21ClN2O3. The fourth-order valence-corrected chi connectivity index (χ4v) is 3.20. The summed E-state index contributed by atoms with van der Waals surface area (Å²) in [7, 11) is 1.61. The number of nitrogens with one attached hydrogen (secondary N) is 1. The van der Waals surface area contributed by atoms with Gasteiger partial charge in [0.15, 0.2) is 0 Å². The highest BCUT2D eigenvalue weighted by Crippen LogP contribution is 2.26. The van der Waals surface area contributed by atoms with E-state index in [1.807, 2.05) is 37.3 Å². The van der Waals surface area contributed by atoms with Crippen molar-refractivity contribution in [3.63, 3.8) is 0 Å². The molecular weight excluding hydrogens is 352 g/mol. The summed E-state index contributed by atoms with van der Waals surface area (Å²) in [6.07, 6.45) is 0.224. The smallest absolute Gasteiger partial charge is 0.229 e. The molecule has 0 bridgehead atoms. The molecule has 5 nitrogen and oxygen atoms in total. The van der Waals surface area contributed by atoms with E-state index in [0.717, 1.165) is 16.9 Å². The normalized spacial score (nSPS) is 16.7. The third-order valence-corrected chi connectivity index (χ3v) is 5.05. The summed E-state index contributed by atoms with van der Waals surface area (Å²) in [6, 6.07) is 13.0. The second kappa shape index (κ2) is 7.79. The summed E-state index contributed by atoms with van der Waals surface area (Å²) >= 11 is 6.09. The van der Waals surface area contributed by atoms with Crippen LogP contribution in [0.5, 0.6) is 5.75 Å². The highest BCUT2D eigenvalue weighted by molar-refractivity contribution is 6.31. The van der Waals surface area contributed by atoms with Gasteiger partial charge in [-0.05, 0) is 42.3 Å². The molecule has 6 heteroatoms. The third-order valence-electron chi connectivity index (χ3n) is 4.64. The van der Waals surface area contributed by atoms with Crippen molar-refractivity contribution in [1.29, 1.82) is 0 Å². The SMILES string of the molecule is COc1ccc(CN2C[C@@H](C(=O)Nc3cccc(Cl)c3C)CC2=O)cc1. The lowest BCUT2D eigenvalue weighted by molar-refractivity contribution is -0.128. The minimum absolute atomic E-state index is 0.0104. The van der Waals surface area contributed by atoms with Gasteiger partial charge in [0.25, 0.3) is 0 Å². The van der Waals surface area contributed by atoms with Gasteiger partial charge in [-0.2, -0.15) is 0 Å². The summed E-state index contributed by atoms with van der Waals surface area (Å²) in [5.74, 6) is 0.250. The summed E-state index contributed by atoms with van der Waals surface area (Å²) < 4.78 is 5.14. The van der Waals surface area contributed by atoms with Crippen LogP contribution in [0.3, 0.4) is 0 Å². The second-order valence-corrected chi connectivity index (χ2v) is 6.83. The Hall–Kier alpha value is -2.53. The Morgan fingerprint density at radius 1 is 1.27 bits per heavy atom. The Balaban J connectivity index is 1.63. The van der Waals surface area contributed by atoms with Crippen molar-refractivity contribution in [2.75, 3.05) is 19.0 Å². The minimum Gasteiger partial charge on any atom is -0.497 e. The van der Waals surface area contributed by atoms with Gasteiger partial charge in [0.1, 0.15) is 5.75 Å². The Kier molecular flexibility index (Phi) is 5.47. The number of methoxy groups -OCH3 is 1. The fourth-order valence-electron chi connectivity index (χ4n) is 3.03. The summed E-state index contributed by atoms with van der Waals surface area (Å²) in [6.45, 7) is 2.76. The van der Waals surface area contributed by atoms with Crippen molar-refractivity contribution in [3.05, 3.63) is 58.6 Å². The molecule has 26 heavy (non-hydrogen) atoms. The zero-order chi connectivity index (χ0) is 18.7. The van der Waals surface area contributed by atoms with Gasteiger partial charge < -0.3 is 15.0 Å². The Morgan fingerprint density at radius 3 is 2.69 bits per heavy atom. The van der Waals surface area contributed by atoms with Gasteiger partial charge >= 0.3 is 0 Å². The number of hydrogen-bond acceptors (Lipinski definition) is 3. The Morgan fingerprint density at radius 2 is 2.00 bits per heavy atom. The van der Waals surface area contributed by atoms with Crippen LogP contribution in [0, 0.1) is 12.8 Å². The van der Waals surface area contributed by atoms with Crippen molar-refractivity contribution in [2.45, 2.75) is 19.9 Å². The first-order valence-corrected chi connectivity index (χ1v) is 8.82. The van der Waals surface area contributed by atoms with Crippen LogP contribution in [-0.2, 0) is 16.1 Å². The van der Waals surface area contributed by atoms with Crippen LogP contribution in [0.1, 0.15) is 17.5 Å². The molecule has 0 saturated carbocycles. The number of nitrogens with zero attached hydrogens (tertiary/aromatic N) is 1. The van der Waals surface area contributed by atoms with Crippen molar-refractivity contribution in [2.24, 2.45) is 5.92 Å². The summed E-state index contributed by atoms with van der Waals surface area (Å²) in [4.78, 5) is 26.6. The first-order valence-electron chi connectivity index (χ1n) is 8.44. The van der Waals surface area contributed by atoms with Crippen LogP contribution in [0.25, 0.3) is 0 Å². The van der Waals surface area contributed by atoms with E-state index in [0.29, 0.717) is 23.8 Å². The number of carbonyl (C=O) groups is 2. The lowest BCUT2D eigenvalue weighted by Crippen LogP contribution is -2.28. The number of benzene rings is 2. The van der Waals surface area contributed by atoms with Gasteiger partial charge in [-0.25, -0.2) is 0 Å². The minimum atomic E-state index is -0.362. The number of halogens is 1. The topological polar surface area (TPSA) is 58.6 Å². The van der Waals surface area contributed by atoms with Gasteiger partial charge in [-0.3, -0.25) is 9.59 Å². The molecule has 1 heterocycles. The molecule has 1 aliphatic rings. The molecule has 0 unspecified atom stereocenters. The van der Waals surface area contributed by atoms with Gasteiger partial charge in [-0.1, -0.05) is 29.8 Å². The third kappa shape index (κ3) is 3.99. The van der Waals surface area contributed by atoms with Crippen molar-refractivity contribution < 1.29 is 14.3 Å².